The summed E-state index contributed by atoms with van der Waals surface area (Å²) in [4.78, 5) is 0. The first-order valence-corrected chi connectivity index (χ1v) is 7.27. The minimum Gasteiger partial charge on any atom is -0.0622 e. The average Bonchev–Trinajstić information content (AvgIpc) is 2.93. The van der Waals surface area contributed by atoms with Gasteiger partial charge in [-0.25, -0.2) is 0 Å². The summed E-state index contributed by atoms with van der Waals surface area (Å²) < 4.78 is 1.56. The van der Waals surface area contributed by atoms with E-state index in [4.69, 9.17) is 0 Å². The molecule has 0 fully saturated rings. The molecule has 3 rings (SSSR count). The topological polar surface area (TPSA) is 0 Å². The number of rotatable bonds is 1. The summed E-state index contributed by atoms with van der Waals surface area (Å²) in [7, 11) is 0. The minimum atomic E-state index is 0. The molecular weight excluding hydrogens is 366 g/mol. The number of halogens is 2. The van der Waals surface area contributed by atoms with Gasteiger partial charge >= 0.3 is 52.6 Å². The number of allylic oxidation sites excluding steroid dienone is 4. The molecule has 0 atom stereocenters. The van der Waals surface area contributed by atoms with Crippen LogP contribution in [0.2, 0.25) is 0 Å². The van der Waals surface area contributed by atoms with E-state index in [9.17, 15) is 0 Å². The predicted molar refractivity (Wildman–Crippen MR) is 88.2 cm³/mol. The van der Waals surface area contributed by atoms with E-state index in [2.05, 4.69) is 66.8 Å². The molecule has 0 aliphatic heterocycles. The first kappa shape index (κ1) is 19.4. The second kappa shape index (κ2) is 11.1. The van der Waals surface area contributed by atoms with Crippen LogP contribution in [-0.2, 0) is 24.7 Å². The van der Waals surface area contributed by atoms with Crippen LogP contribution in [0.3, 0.4) is 0 Å². The Balaban J connectivity index is 0.000000390. The standard InChI is InChI=1S/C12H10.C5H5.2ClH.Zr/c1-3-7-11(8-4-1)12-9-5-2-6-10-12;1-2-4-5-3-1;;;/h1-10H;1-3H,4H2;2*1H;. The molecule has 0 bridgehead atoms. The number of hydrogen-bond acceptors (Lipinski definition) is 0. The normalized spacial score (nSPS) is 11.2. The van der Waals surface area contributed by atoms with Crippen molar-refractivity contribution >= 4 is 24.8 Å². The molecule has 2 aromatic rings. The second-order valence-electron chi connectivity index (χ2n) is 4.06. The van der Waals surface area contributed by atoms with Gasteiger partial charge in [0, 0.05) is 0 Å². The predicted octanol–water partition coefficient (Wildman–Crippen LogP) is 5.57. The van der Waals surface area contributed by atoms with Gasteiger partial charge in [0.25, 0.3) is 0 Å². The fraction of sp³-hybridized carbons (Fsp3) is 0.0588. The molecule has 0 N–H and O–H groups in total. The summed E-state index contributed by atoms with van der Waals surface area (Å²) >= 11 is 1.56. The third kappa shape index (κ3) is 6.70. The van der Waals surface area contributed by atoms with Crippen molar-refractivity contribution in [2.24, 2.45) is 0 Å². The van der Waals surface area contributed by atoms with Gasteiger partial charge in [-0.2, -0.15) is 0 Å². The van der Waals surface area contributed by atoms with Gasteiger partial charge in [-0.05, 0) is 11.1 Å². The Morgan fingerprint density at radius 1 is 0.700 bits per heavy atom. The molecule has 0 heterocycles. The Morgan fingerprint density at radius 3 is 1.40 bits per heavy atom. The maximum atomic E-state index is 2.18. The van der Waals surface area contributed by atoms with Crippen LogP contribution in [-0.4, -0.2) is 0 Å². The first-order valence-electron chi connectivity index (χ1n) is 6.04. The Bertz CT molecular complexity index is 496. The van der Waals surface area contributed by atoms with E-state index in [1.807, 2.05) is 12.1 Å². The maximum absolute atomic E-state index is 2.18. The van der Waals surface area contributed by atoms with Gasteiger partial charge in [-0.15, -0.1) is 24.8 Å². The van der Waals surface area contributed by atoms with Crippen molar-refractivity contribution in [1.29, 1.82) is 0 Å². The van der Waals surface area contributed by atoms with Crippen molar-refractivity contribution in [2.45, 2.75) is 6.42 Å². The van der Waals surface area contributed by atoms with Gasteiger partial charge in [0.05, 0.1) is 0 Å². The average molecular weight is 383 g/mol. The number of benzene rings is 2. The van der Waals surface area contributed by atoms with Crippen molar-refractivity contribution in [2.75, 3.05) is 0 Å². The van der Waals surface area contributed by atoms with E-state index in [-0.39, 0.29) is 24.8 Å². The molecule has 1 aliphatic rings. The minimum absolute atomic E-state index is 0. The molecule has 3 heteroatoms. The molecule has 103 valence electrons. The van der Waals surface area contributed by atoms with Crippen molar-refractivity contribution in [3.63, 3.8) is 0 Å². The van der Waals surface area contributed by atoms with Gasteiger partial charge in [0.1, 0.15) is 0 Å². The van der Waals surface area contributed by atoms with Gasteiger partial charge in [0.2, 0.25) is 0 Å². The van der Waals surface area contributed by atoms with Gasteiger partial charge in [-0.1, -0.05) is 60.7 Å². The van der Waals surface area contributed by atoms with Crippen LogP contribution in [0.1, 0.15) is 6.42 Å². The molecular formula is C17H17Cl2Zr. The SMILES string of the molecule is Cl.Cl.[Zr][C]1=CC=CC1.c1ccc(-c2ccccc2)cc1. The van der Waals surface area contributed by atoms with E-state index in [0.717, 1.165) is 0 Å². The van der Waals surface area contributed by atoms with Gasteiger partial charge in [0.15, 0.2) is 0 Å². The fourth-order valence-electron chi connectivity index (χ4n) is 1.71. The van der Waals surface area contributed by atoms with Crippen molar-refractivity contribution < 1.29 is 24.7 Å². The zero-order valence-corrected chi connectivity index (χ0v) is 15.1. The Labute approximate surface area is 148 Å². The zero-order chi connectivity index (χ0) is 12.6. The van der Waals surface area contributed by atoms with E-state index in [1.165, 1.54) is 17.5 Å². The van der Waals surface area contributed by atoms with Crippen LogP contribution in [0, 0.1) is 0 Å². The van der Waals surface area contributed by atoms with Crippen LogP contribution in [0.5, 0.6) is 0 Å². The molecule has 20 heavy (non-hydrogen) atoms. The molecule has 0 amide bonds. The van der Waals surface area contributed by atoms with Gasteiger partial charge in [-0.3, -0.25) is 0 Å². The molecule has 2 aromatic carbocycles. The quantitative estimate of drug-likeness (QED) is 0.604. The Morgan fingerprint density at radius 2 is 1.15 bits per heavy atom. The summed E-state index contributed by atoms with van der Waals surface area (Å²) in [6.07, 6.45) is 7.69. The monoisotopic (exact) mass is 381 g/mol. The summed E-state index contributed by atoms with van der Waals surface area (Å²) in [5.41, 5.74) is 2.55. The smallest absolute Gasteiger partial charge is 0.0184 e. The second-order valence-corrected chi connectivity index (χ2v) is 5.63. The molecule has 0 radical (unpaired) electrons. The molecule has 1 aliphatic carbocycles. The largest absolute Gasteiger partial charge is 0.0622 e. The number of hydrogen-bond donors (Lipinski definition) is 0. The fourth-order valence-corrected chi connectivity index (χ4v) is 2.23. The van der Waals surface area contributed by atoms with Crippen LogP contribution < -0.4 is 0 Å². The first-order chi connectivity index (χ1) is 8.86. The molecule has 0 spiro atoms. The Kier molecular flexibility index (Phi) is 10.7. The summed E-state index contributed by atoms with van der Waals surface area (Å²) in [6.45, 7) is 0. The van der Waals surface area contributed by atoms with Crippen molar-refractivity contribution in [3.8, 4) is 11.1 Å². The van der Waals surface area contributed by atoms with Crippen molar-refractivity contribution in [1.82, 2.24) is 0 Å². The Hall–Kier alpha value is -0.617. The van der Waals surface area contributed by atoms with E-state index < -0.39 is 0 Å². The van der Waals surface area contributed by atoms with Crippen LogP contribution in [0.4, 0.5) is 0 Å². The molecule has 0 saturated heterocycles. The van der Waals surface area contributed by atoms with E-state index in [0.29, 0.717) is 0 Å². The van der Waals surface area contributed by atoms with Crippen LogP contribution >= 0.6 is 24.8 Å². The van der Waals surface area contributed by atoms with Gasteiger partial charge < -0.3 is 0 Å². The van der Waals surface area contributed by atoms with Crippen LogP contribution in [0.25, 0.3) is 11.1 Å². The van der Waals surface area contributed by atoms with Crippen LogP contribution in [0.15, 0.2) is 82.2 Å². The summed E-state index contributed by atoms with van der Waals surface area (Å²) in [5, 5.41) is 0. The third-order valence-corrected chi connectivity index (χ3v) is 3.56. The van der Waals surface area contributed by atoms with E-state index in [1.54, 1.807) is 28.0 Å². The molecule has 0 unspecified atom stereocenters. The maximum Gasteiger partial charge on any atom is -0.0184 e. The summed E-state index contributed by atoms with van der Waals surface area (Å²) in [6, 6.07) is 20.8. The van der Waals surface area contributed by atoms with E-state index >= 15 is 0 Å². The molecule has 0 saturated carbocycles. The zero-order valence-electron chi connectivity index (χ0n) is 11.0. The van der Waals surface area contributed by atoms with Crippen molar-refractivity contribution in [3.05, 3.63) is 82.2 Å². The molecule has 0 aromatic heterocycles. The summed E-state index contributed by atoms with van der Waals surface area (Å²) in [5.74, 6) is 0. The third-order valence-electron chi connectivity index (χ3n) is 2.65. The molecule has 0 nitrogen and oxygen atoms in total.